The summed E-state index contributed by atoms with van der Waals surface area (Å²) < 4.78 is 5.07. The zero-order valence-electron chi connectivity index (χ0n) is 13.6. The summed E-state index contributed by atoms with van der Waals surface area (Å²) in [4.78, 5) is 35.6. The first-order valence-corrected chi connectivity index (χ1v) is 8.32. The molecule has 6 heteroatoms. The molecule has 0 radical (unpaired) electrons. The van der Waals surface area contributed by atoms with Crippen molar-refractivity contribution < 1.29 is 19.1 Å². The lowest BCUT2D eigenvalue weighted by Gasteiger charge is -2.25. The van der Waals surface area contributed by atoms with Gasteiger partial charge in [0.2, 0.25) is 0 Å². The minimum absolute atomic E-state index is 0.0203. The SMILES string of the molecule is C=CCC1(CCC(C)=O)Cc2cc(OC(C)=O)c(Cl)c(Cl)c2C1=O. The van der Waals surface area contributed by atoms with Gasteiger partial charge in [-0.15, -0.1) is 6.58 Å². The van der Waals surface area contributed by atoms with Crippen molar-refractivity contribution in [3.63, 3.8) is 0 Å². The summed E-state index contributed by atoms with van der Waals surface area (Å²) >= 11 is 12.4. The number of rotatable bonds is 6. The van der Waals surface area contributed by atoms with Crippen LogP contribution in [0.4, 0.5) is 0 Å². The molecule has 24 heavy (non-hydrogen) atoms. The van der Waals surface area contributed by atoms with E-state index in [1.165, 1.54) is 13.8 Å². The van der Waals surface area contributed by atoms with E-state index in [4.69, 9.17) is 27.9 Å². The van der Waals surface area contributed by atoms with Gasteiger partial charge >= 0.3 is 5.97 Å². The molecule has 4 nitrogen and oxygen atoms in total. The van der Waals surface area contributed by atoms with Crippen LogP contribution in [-0.2, 0) is 16.0 Å². The van der Waals surface area contributed by atoms with E-state index in [2.05, 4.69) is 6.58 Å². The normalized spacial score (nSPS) is 19.1. The zero-order chi connectivity index (χ0) is 18.1. The number of halogens is 2. The lowest BCUT2D eigenvalue weighted by molar-refractivity contribution is -0.131. The highest BCUT2D eigenvalue weighted by atomic mass is 35.5. The topological polar surface area (TPSA) is 60.4 Å². The quantitative estimate of drug-likeness (QED) is 0.418. The lowest BCUT2D eigenvalue weighted by atomic mass is 9.76. The summed E-state index contributed by atoms with van der Waals surface area (Å²) in [6, 6.07) is 1.58. The van der Waals surface area contributed by atoms with E-state index in [9.17, 15) is 14.4 Å². The molecule has 0 saturated carbocycles. The third kappa shape index (κ3) is 3.40. The van der Waals surface area contributed by atoms with Gasteiger partial charge in [-0.2, -0.15) is 0 Å². The Bertz CT molecular complexity index is 739. The minimum atomic E-state index is -0.752. The number of Topliss-reactive ketones (excluding diaryl/α,β-unsaturated/α-hetero) is 2. The van der Waals surface area contributed by atoms with Gasteiger partial charge in [0.05, 0.1) is 5.02 Å². The van der Waals surface area contributed by atoms with E-state index in [1.807, 2.05) is 0 Å². The highest BCUT2D eigenvalue weighted by molar-refractivity contribution is 6.45. The van der Waals surface area contributed by atoms with Crippen LogP contribution in [0.25, 0.3) is 0 Å². The van der Waals surface area contributed by atoms with Gasteiger partial charge in [-0.1, -0.05) is 29.3 Å². The van der Waals surface area contributed by atoms with E-state index >= 15 is 0 Å². The first-order chi connectivity index (χ1) is 11.2. The third-order valence-corrected chi connectivity index (χ3v) is 5.09. The maximum atomic E-state index is 13.0. The lowest BCUT2D eigenvalue weighted by Crippen LogP contribution is -2.28. The van der Waals surface area contributed by atoms with Crippen molar-refractivity contribution in [3.05, 3.63) is 39.9 Å². The summed E-state index contributed by atoms with van der Waals surface area (Å²) in [7, 11) is 0. The van der Waals surface area contributed by atoms with E-state index < -0.39 is 11.4 Å². The summed E-state index contributed by atoms with van der Waals surface area (Å²) in [5.41, 5.74) is 0.274. The van der Waals surface area contributed by atoms with Crippen molar-refractivity contribution >= 4 is 40.7 Å². The largest absolute Gasteiger partial charge is 0.425 e. The molecule has 1 aromatic rings. The molecule has 0 aromatic heterocycles. The highest BCUT2D eigenvalue weighted by Crippen LogP contribution is 2.49. The van der Waals surface area contributed by atoms with Crippen LogP contribution < -0.4 is 4.74 Å². The number of fused-ring (bicyclic) bond motifs is 1. The fraction of sp³-hybridized carbons (Fsp3) is 0.389. The number of benzene rings is 1. The second-order valence-electron chi connectivity index (χ2n) is 6.11. The van der Waals surface area contributed by atoms with Crippen LogP contribution in [0.15, 0.2) is 18.7 Å². The van der Waals surface area contributed by atoms with Crippen LogP contribution in [0.1, 0.15) is 49.0 Å². The zero-order valence-corrected chi connectivity index (χ0v) is 15.1. The molecule has 0 saturated heterocycles. The molecule has 1 aliphatic rings. The molecule has 2 rings (SSSR count). The molecule has 0 aliphatic heterocycles. The van der Waals surface area contributed by atoms with Crippen molar-refractivity contribution in [2.75, 3.05) is 0 Å². The summed E-state index contributed by atoms with van der Waals surface area (Å²) in [5, 5.41) is 0.129. The predicted octanol–water partition coefficient (Wildman–Crippen LogP) is 4.59. The van der Waals surface area contributed by atoms with Crippen molar-refractivity contribution in [2.24, 2.45) is 5.41 Å². The Labute approximate surface area is 150 Å². The molecule has 1 aliphatic carbocycles. The van der Waals surface area contributed by atoms with Gasteiger partial charge in [0.25, 0.3) is 0 Å². The van der Waals surface area contributed by atoms with Crippen molar-refractivity contribution in [1.82, 2.24) is 0 Å². The van der Waals surface area contributed by atoms with Crippen LogP contribution in [0, 0.1) is 5.41 Å². The van der Waals surface area contributed by atoms with Crippen LogP contribution in [-0.4, -0.2) is 17.5 Å². The van der Waals surface area contributed by atoms with E-state index in [1.54, 1.807) is 12.1 Å². The van der Waals surface area contributed by atoms with E-state index in [0.29, 0.717) is 36.8 Å². The Kier molecular flexibility index (Phi) is 5.51. The van der Waals surface area contributed by atoms with Crippen LogP contribution in [0.2, 0.25) is 10.0 Å². The predicted molar refractivity (Wildman–Crippen MR) is 93.0 cm³/mol. The van der Waals surface area contributed by atoms with Crippen LogP contribution in [0.3, 0.4) is 0 Å². The highest BCUT2D eigenvalue weighted by Gasteiger charge is 2.46. The van der Waals surface area contributed by atoms with Gasteiger partial charge in [0, 0.05) is 24.3 Å². The van der Waals surface area contributed by atoms with Crippen molar-refractivity contribution in [1.29, 1.82) is 0 Å². The third-order valence-electron chi connectivity index (χ3n) is 4.24. The second kappa shape index (κ2) is 7.08. The average Bonchev–Trinajstić information content (AvgIpc) is 2.75. The molecule has 0 spiro atoms. The Morgan fingerprint density at radius 3 is 2.54 bits per heavy atom. The number of ketones is 2. The van der Waals surface area contributed by atoms with Crippen LogP contribution >= 0.6 is 23.2 Å². The number of hydrogen-bond acceptors (Lipinski definition) is 4. The fourth-order valence-electron chi connectivity index (χ4n) is 3.14. The second-order valence-corrected chi connectivity index (χ2v) is 6.87. The average molecular weight is 369 g/mol. The molecule has 0 fully saturated rings. The maximum absolute atomic E-state index is 13.0. The van der Waals surface area contributed by atoms with Gasteiger partial charge in [0.15, 0.2) is 11.5 Å². The smallest absolute Gasteiger partial charge is 0.308 e. The van der Waals surface area contributed by atoms with E-state index in [-0.39, 0.29) is 27.4 Å². The summed E-state index contributed by atoms with van der Waals surface area (Å²) in [5.74, 6) is -0.500. The first-order valence-electron chi connectivity index (χ1n) is 7.56. The number of carbonyl (C=O) groups is 3. The Morgan fingerprint density at radius 1 is 1.33 bits per heavy atom. The van der Waals surface area contributed by atoms with Gasteiger partial charge < -0.3 is 9.53 Å². The maximum Gasteiger partial charge on any atom is 0.308 e. The Morgan fingerprint density at radius 2 is 2.00 bits per heavy atom. The molecule has 0 amide bonds. The Hall–Kier alpha value is -1.65. The van der Waals surface area contributed by atoms with Crippen molar-refractivity contribution in [2.45, 2.75) is 39.5 Å². The molecule has 0 bridgehead atoms. The molecule has 128 valence electrons. The Balaban J connectivity index is 2.50. The number of carbonyl (C=O) groups excluding carboxylic acids is 3. The monoisotopic (exact) mass is 368 g/mol. The van der Waals surface area contributed by atoms with Crippen LogP contribution in [0.5, 0.6) is 5.75 Å². The number of esters is 1. The van der Waals surface area contributed by atoms with Gasteiger partial charge in [-0.3, -0.25) is 9.59 Å². The molecule has 1 unspecified atom stereocenters. The van der Waals surface area contributed by atoms with Gasteiger partial charge in [0.1, 0.15) is 10.8 Å². The molecule has 0 heterocycles. The number of hydrogen-bond donors (Lipinski definition) is 0. The molecular weight excluding hydrogens is 351 g/mol. The molecular formula is C18H18Cl2O4. The minimum Gasteiger partial charge on any atom is -0.425 e. The fourth-order valence-corrected chi connectivity index (χ4v) is 3.63. The van der Waals surface area contributed by atoms with E-state index in [0.717, 1.165) is 0 Å². The standard InChI is InChI=1S/C18H18Cl2O4/c1-4-6-18(7-5-10(2)21)9-12-8-13(24-11(3)22)15(19)16(20)14(12)17(18)23/h4,8H,1,5-7,9H2,2-3H3. The number of allylic oxidation sites excluding steroid dienone is 1. The molecule has 0 N–H and O–H groups in total. The summed E-state index contributed by atoms with van der Waals surface area (Å²) in [6.07, 6.45) is 3.23. The number of ether oxygens (including phenoxy) is 1. The summed E-state index contributed by atoms with van der Waals surface area (Å²) in [6.45, 7) is 6.48. The van der Waals surface area contributed by atoms with Crippen molar-refractivity contribution in [3.8, 4) is 5.75 Å². The van der Waals surface area contributed by atoms with Gasteiger partial charge in [-0.25, -0.2) is 0 Å². The molecule has 1 aromatic carbocycles. The van der Waals surface area contributed by atoms with Gasteiger partial charge in [-0.05, 0) is 37.8 Å². The first kappa shape index (κ1) is 18.7. The molecule has 1 atom stereocenters.